The highest BCUT2D eigenvalue weighted by Crippen LogP contribution is 2.38. The lowest BCUT2D eigenvalue weighted by molar-refractivity contribution is -0.870. The molecule has 24 heavy (non-hydrogen) atoms. The summed E-state index contributed by atoms with van der Waals surface area (Å²) in [5.74, 6) is -0.406. The van der Waals surface area contributed by atoms with Gasteiger partial charge in [0.2, 0.25) is 0 Å². The van der Waals surface area contributed by atoms with E-state index in [1.807, 2.05) is 21.1 Å². The molecule has 0 aliphatic heterocycles. The van der Waals surface area contributed by atoms with Crippen molar-refractivity contribution in [3.63, 3.8) is 0 Å². The van der Waals surface area contributed by atoms with Crippen molar-refractivity contribution in [1.82, 2.24) is 0 Å². The summed E-state index contributed by atoms with van der Waals surface area (Å²) in [6.45, 7) is 4.83. The van der Waals surface area contributed by atoms with Crippen LogP contribution in [0.15, 0.2) is 12.7 Å². The number of phosphoric acid groups is 1. The van der Waals surface area contributed by atoms with Gasteiger partial charge >= 0.3 is 5.97 Å². The molecule has 0 aromatic heterocycles. The van der Waals surface area contributed by atoms with Crippen molar-refractivity contribution < 1.29 is 32.5 Å². The van der Waals surface area contributed by atoms with E-state index in [9.17, 15) is 14.3 Å². The fraction of sp³-hybridized carbons (Fsp3) is 0.812. The first-order chi connectivity index (χ1) is 11.2. The molecule has 0 rings (SSSR count). The van der Waals surface area contributed by atoms with E-state index in [1.54, 1.807) is 0 Å². The third-order valence-corrected chi connectivity index (χ3v) is 4.17. The van der Waals surface area contributed by atoms with E-state index in [1.165, 1.54) is 0 Å². The monoisotopic (exact) mass is 365 g/mol. The molecular weight excluding hydrogens is 333 g/mol. The van der Waals surface area contributed by atoms with Crippen molar-refractivity contribution in [3.8, 4) is 0 Å². The maximum Gasteiger partial charge on any atom is 0.330 e. The van der Waals surface area contributed by atoms with E-state index in [4.69, 9.17) is 13.8 Å². The van der Waals surface area contributed by atoms with Gasteiger partial charge in [-0.1, -0.05) is 25.8 Å². The molecule has 0 heterocycles. The zero-order valence-electron chi connectivity index (χ0n) is 15.2. The molecule has 0 spiro atoms. The first kappa shape index (κ1) is 23.3. The number of carbonyl (C=O) groups excluding carboxylic acids is 1. The molecule has 0 fully saturated rings. The quantitative estimate of drug-likeness (QED) is 0.145. The van der Waals surface area contributed by atoms with Crippen molar-refractivity contribution in [2.75, 3.05) is 47.5 Å². The molecule has 0 saturated heterocycles. The number of ether oxygens (including phenoxy) is 1. The minimum Gasteiger partial charge on any atom is -0.756 e. The van der Waals surface area contributed by atoms with E-state index in [0.29, 0.717) is 19.4 Å². The molecule has 0 aliphatic rings. The van der Waals surface area contributed by atoms with Gasteiger partial charge in [-0.05, 0) is 12.8 Å². The van der Waals surface area contributed by atoms with Crippen LogP contribution in [0.1, 0.15) is 38.5 Å². The summed E-state index contributed by atoms with van der Waals surface area (Å²) in [7, 11) is 1.94. The molecule has 0 saturated carbocycles. The van der Waals surface area contributed by atoms with E-state index >= 15 is 0 Å². The van der Waals surface area contributed by atoms with Crippen LogP contribution in [-0.2, 0) is 23.1 Å². The second-order valence-electron chi connectivity index (χ2n) is 6.62. The van der Waals surface area contributed by atoms with Crippen LogP contribution in [0, 0.1) is 0 Å². The van der Waals surface area contributed by atoms with E-state index in [0.717, 1.165) is 42.8 Å². The second-order valence-corrected chi connectivity index (χ2v) is 8.03. The number of phosphoric ester groups is 1. The lowest BCUT2D eigenvalue weighted by Crippen LogP contribution is -2.35. The average molecular weight is 365 g/mol. The van der Waals surface area contributed by atoms with E-state index in [-0.39, 0.29) is 13.2 Å². The standard InChI is InChI=1S/C16H32NO6P/c1-5-16(18)21-13-9-7-6-8-10-14-22-24(19,20)23-15-11-12-17(2,3)4/h5H,1,6-15H2,2-4H3. The smallest absolute Gasteiger partial charge is 0.330 e. The minimum absolute atomic E-state index is 0.140. The molecular formula is C16H32NO6P. The lowest BCUT2D eigenvalue weighted by atomic mass is 10.1. The molecule has 0 aromatic rings. The number of carbonyl (C=O) groups is 1. The van der Waals surface area contributed by atoms with Crippen molar-refractivity contribution >= 4 is 13.8 Å². The van der Waals surface area contributed by atoms with Crippen LogP contribution < -0.4 is 4.89 Å². The van der Waals surface area contributed by atoms with Gasteiger partial charge in [-0.15, -0.1) is 0 Å². The summed E-state index contributed by atoms with van der Waals surface area (Å²) < 4.78 is 26.8. The highest BCUT2D eigenvalue weighted by molar-refractivity contribution is 7.45. The van der Waals surface area contributed by atoms with Crippen molar-refractivity contribution in [2.24, 2.45) is 0 Å². The van der Waals surface area contributed by atoms with Crippen molar-refractivity contribution in [1.29, 1.82) is 0 Å². The van der Waals surface area contributed by atoms with Gasteiger partial charge in [0.1, 0.15) is 0 Å². The molecule has 0 amide bonds. The Labute approximate surface area is 145 Å². The molecule has 1 atom stereocenters. The SMILES string of the molecule is C=CC(=O)OCCCCCCCOP(=O)([O-])OCCC[N+](C)(C)C. The van der Waals surface area contributed by atoms with Gasteiger partial charge < -0.3 is 23.2 Å². The number of nitrogens with zero attached hydrogens (tertiary/aromatic N) is 1. The first-order valence-electron chi connectivity index (χ1n) is 8.36. The third kappa shape index (κ3) is 16.1. The number of esters is 1. The highest BCUT2D eigenvalue weighted by Gasteiger charge is 2.11. The van der Waals surface area contributed by atoms with E-state index < -0.39 is 13.8 Å². The number of hydrogen-bond donors (Lipinski definition) is 0. The minimum atomic E-state index is -4.18. The molecule has 1 unspecified atom stereocenters. The number of unbranched alkanes of at least 4 members (excludes halogenated alkanes) is 4. The van der Waals surface area contributed by atoms with Gasteiger partial charge in [0.15, 0.2) is 0 Å². The molecule has 0 aromatic carbocycles. The van der Waals surface area contributed by atoms with Gasteiger partial charge in [0.25, 0.3) is 7.82 Å². The van der Waals surface area contributed by atoms with Gasteiger partial charge in [0.05, 0.1) is 47.5 Å². The Morgan fingerprint density at radius 2 is 1.50 bits per heavy atom. The van der Waals surface area contributed by atoms with Crippen LogP contribution in [0.3, 0.4) is 0 Å². The maximum atomic E-state index is 11.5. The Hall–Kier alpha value is -0.720. The topological polar surface area (TPSA) is 84.9 Å². The van der Waals surface area contributed by atoms with Gasteiger partial charge in [-0.2, -0.15) is 0 Å². The summed E-state index contributed by atoms with van der Waals surface area (Å²) in [5.41, 5.74) is 0. The van der Waals surface area contributed by atoms with E-state index in [2.05, 4.69) is 6.58 Å². The lowest BCUT2D eigenvalue weighted by Gasteiger charge is -2.26. The Morgan fingerprint density at radius 1 is 1.00 bits per heavy atom. The van der Waals surface area contributed by atoms with Crippen molar-refractivity contribution in [2.45, 2.75) is 38.5 Å². The molecule has 142 valence electrons. The molecule has 0 radical (unpaired) electrons. The average Bonchev–Trinajstić information content (AvgIpc) is 2.48. The van der Waals surface area contributed by atoms with Gasteiger partial charge in [-0.25, -0.2) is 4.79 Å². The molecule has 8 heteroatoms. The molecule has 0 aliphatic carbocycles. The van der Waals surface area contributed by atoms with Gasteiger partial charge in [-0.3, -0.25) is 4.57 Å². The van der Waals surface area contributed by atoms with Gasteiger partial charge in [0, 0.05) is 12.5 Å². The second kappa shape index (κ2) is 12.6. The third-order valence-electron chi connectivity index (χ3n) is 3.17. The summed E-state index contributed by atoms with van der Waals surface area (Å²) in [6, 6.07) is 0. The Morgan fingerprint density at radius 3 is 2.04 bits per heavy atom. The Bertz CT molecular complexity index is 408. The first-order valence-corrected chi connectivity index (χ1v) is 9.82. The van der Waals surface area contributed by atoms with Crippen LogP contribution in [-0.4, -0.2) is 58.0 Å². The summed E-state index contributed by atoms with van der Waals surface area (Å²) in [6.07, 6.45) is 5.95. The Kier molecular flexibility index (Phi) is 12.2. The number of quaternary nitrogens is 1. The van der Waals surface area contributed by atoms with Crippen LogP contribution in [0.4, 0.5) is 0 Å². The summed E-state index contributed by atoms with van der Waals surface area (Å²) in [5, 5.41) is 0. The van der Waals surface area contributed by atoms with Crippen LogP contribution >= 0.6 is 7.82 Å². The fourth-order valence-corrected chi connectivity index (χ4v) is 2.67. The summed E-state index contributed by atoms with van der Waals surface area (Å²) >= 11 is 0. The fourth-order valence-electron chi connectivity index (χ4n) is 1.90. The largest absolute Gasteiger partial charge is 0.756 e. The van der Waals surface area contributed by atoms with Crippen LogP contribution in [0.5, 0.6) is 0 Å². The predicted molar refractivity (Wildman–Crippen MR) is 91.3 cm³/mol. The molecule has 0 N–H and O–H groups in total. The normalized spacial score (nSPS) is 14.2. The highest BCUT2D eigenvalue weighted by atomic mass is 31.2. The zero-order chi connectivity index (χ0) is 18.5. The molecule has 0 bridgehead atoms. The van der Waals surface area contributed by atoms with Crippen LogP contribution in [0.2, 0.25) is 0 Å². The predicted octanol–water partition coefficient (Wildman–Crippen LogP) is 2.26. The molecule has 7 nitrogen and oxygen atoms in total. The van der Waals surface area contributed by atoms with Crippen LogP contribution in [0.25, 0.3) is 0 Å². The zero-order valence-corrected chi connectivity index (χ0v) is 16.1. The number of rotatable bonds is 15. The maximum absolute atomic E-state index is 11.5. The number of hydrogen-bond acceptors (Lipinski definition) is 6. The summed E-state index contributed by atoms with van der Waals surface area (Å²) in [4.78, 5) is 22.3. The Balaban J connectivity index is 3.50. The van der Waals surface area contributed by atoms with Crippen molar-refractivity contribution in [3.05, 3.63) is 12.7 Å².